The van der Waals surface area contributed by atoms with E-state index in [9.17, 15) is 4.39 Å². The lowest BCUT2D eigenvalue weighted by Gasteiger charge is -2.14. The molecule has 0 unspecified atom stereocenters. The second kappa shape index (κ2) is 7.63. The fourth-order valence-electron chi connectivity index (χ4n) is 2.03. The summed E-state index contributed by atoms with van der Waals surface area (Å²) >= 11 is 0. The molecule has 0 aliphatic carbocycles. The van der Waals surface area contributed by atoms with E-state index < -0.39 is 0 Å². The minimum absolute atomic E-state index is 0.327. The van der Waals surface area contributed by atoms with Crippen LogP contribution >= 0.6 is 0 Å². The zero-order chi connectivity index (χ0) is 16.8. The number of hydrogen-bond acceptors (Lipinski definition) is 3. The van der Waals surface area contributed by atoms with Gasteiger partial charge < -0.3 is 15.0 Å². The molecule has 0 amide bonds. The highest BCUT2D eigenvalue weighted by atomic mass is 19.1. The number of nitrogens with zero attached hydrogens (tertiary/aromatic N) is 2. The summed E-state index contributed by atoms with van der Waals surface area (Å²) in [6.45, 7) is 4.79. The van der Waals surface area contributed by atoms with Gasteiger partial charge in [0.1, 0.15) is 11.6 Å². The smallest absolute Gasteiger partial charge is 0.127 e. The predicted molar refractivity (Wildman–Crippen MR) is 93.9 cm³/mol. The van der Waals surface area contributed by atoms with E-state index in [1.54, 1.807) is 13.4 Å². The molecule has 0 aliphatic heterocycles. The maximum Gasteiger partial charge on any atom is 0.127 e. The molecule has 1 N–H and O–H groups in total. The van der Waals surface area contributed by atoms with Crippen LogP contribution in [0, 0.1) is 12.7 Å². The third kappa shape index (κ3) is 4.45. The van der Waals surface area contributed by atoms with Crippen LogP contribution in [-0.2, 0) is 0 Å². The fourth-order valence-corrected chi connectivity index (χ4v) is 2.03. The maximum absolute atomic E-state index is 13.9. The number of nitrogens with one attached hydrogen (secondary N) is 1. The summed E-state index contributed by atoms with van der Waals surface area (Å²) in [5, 5.41) is 3.22. The number of methoxy groups -OCH3 is 1. The molecule has 0 radical (unpaired) electrons. The van der Waals surface area contributed by atoms with Crippen LogP contribution in [0.1, 0.15) is 12.5 Å². The first-order valence-corrected chi connectivity index (χ1v) is 7.49. The molecule has 0 fully saturated rings. The normalized spacial score (nSPS) is 10.8. The Bertz CT molecular complexity index is 701. The highest BCUT2D eigenvalue weighted by Gasteiger charge is 2.08. The van der Waals surface area contributed by atoms with Gasteiger partial charge in [0.05, 0.1) is 19.1 Å². The molecular formula is C18H22FN3O. The number of benzene rings is 2. The van der Waals surface area contributed by atoms with Crippen molar-refractivity contribution < 1.29 is 9.13 Å². The van der Waals surface area contributed by atoms with Gasteiger partial charge in [0.15, 0.2) is 0 Å². The van der Waals surface area contributed by atoms with Gasteiger partial charge in [-0.25, -0.2) is 9.38 Å². The Hall–Kier alpha value is -2.56. The molecule has 5 heteroatoms. The van der Waals surface area contributed by atoms with Crippen molar-refractivity contribution in [2.24, 2.45) is 4.99 Å². The van der Waals surface area contributed by atoms with Crippen molar-refractivity contribution >= 4 is 23.4 Å². The van der Waals surface area contributed by atoms with Gasteiger partial charge in [-0.05, 0) is 43.7 Å². The summed E-state index contributed by atoms with van der Waals surface area (Å²) in [7, 11) is 3.54. The minimum atomic E-state index is -0.327. The lowest BCUT2D eigenvalue weighted by Crippen LogP contribution is -2.14. The second-order valence-corrected chi connectivity index (χ2v) is 5.27. The average Bonchev–Trinajstić information content (AvgIpc) is 2.56. The first-order valence-electron chi connectivity index (χ1n) is 7.49. The Morgan fingerprint density at radius 3 is 2.78 bits per heavy atom. The van der Waals surface area contributed by atoms with Crippen LogP contribution in [0.15, 0.2) is 41.4 Å². The zero-order valence-electron chi connectivity index (χ0n) is 13.9. The lowest BCUT2D eigenvalue weighted by molar-refractivity contribution is 0.415. The van der Waals surface area contributed by atoms with Crippen molar-refractivity contribution in [3.63, 3.8) is 0 Å². The molecule has 0 aromatic heterocycles. The molecule has 0 saturated carbocycles. The molecule has 0 aliphatic rings. The van der Waals surface area contributed by atoms with E-state index in [2.05, 4.69) is 10.3 Å². The van der Waals surface area contributed by atoms with E-state index in [1.807, 2.05) is 50.1 Å². The van der Waals surface area contributed by atoms with Crippen LogP contribution in [-0.4, -0.2) is 31.9 Å². The van der Waals surface area contributed by atoms with Gasteiger partial charge >= 0.3 is 0 Å². The number of ether oxygens (including phenoxy) is 1. The molecule has 122 valence electrons. The number of rotatable bonds is 6. The van der Waals surface area contributed by atoms with Gasteiger partial charge in [-0.15, -0.1) is 0 Å². The van der Waals surface area contributed by atoms with E-state index in [4.69, 9.17) is 4.74 Å². The molecule has 2 rings (SSSR count). The Morgan fingerprint density at radius 2 is 2.09 bits per heavy atom. The number of hydrogen-bond donors (Lipinski definition) is 1. The molecule has 2 aromatic rings. The van der Waals surface area contributed by atoms with E-state index in [1.165, 1.54) is 12.1 Å². The van der Waals surface area contributed by atoms with E-state index >= 15 is 0 Å². The van der Waals surface area contributed by atoms with Crippen molar-refractivity contribution in [3.05, 3.63) is 47.8 Å². The minimum Gasteiger partial charge on any atom is -0.497 e. The second-order valence-electron chi connectivity index (χ2n) is 5.27. The van der Waals surface area contributed by atoms with Crippen molar-refractivity contribution in [3.8, 4) is 5.75 Å². The van der Waals surface area contributed by atoms with Gasteiger partial charge in [-0.2, -0.15) is 0 Å². The van der Waals surface area contributed by atoms with Crippen LogP contribution in [0.25, 0.3) is 0 Å². The van der Waals surface area contributed by atoms with Crippen molar-refractivity contribution in [2.45, 2.75) is 13.8 Å². The highest BCUT2D eigenvalue weighted by Crippen LogP contribution is 2.30. The summed E-state index contributed by atoms with van der Waals surface area (Å²) in [5.74, 6) is 0.416. The SMILES string of the molecule is CCN(C)C=Nc1cc(F)cc(Nc2cccc(OC)c2)c1C. The van der Waals surface area contributed by atoms with Gasteiger partial charge in [0.2, 0.25) is 0 Å². The summed E-state index contributed by atoms with van der Waals surface area (Å²) in [5.41, 5.74) is 3.01. The van der Waals surface area contributed by atoms with Crippen LogP contribution < -0.4 is 10.1 Å². The summed E-state index contributed by atoms with van der Waals surface area (Å²) in [6.07, 6.45) is 1.71. The van der Waals surface area contributed by atoms with Crippen LogP contribution in [0.5, 0.6) is 5.75 Å². The summed E-state index contributed by atoms with van der Waals surface area (Å²) in [6, 6.07) is 10.4. The van der Waals surface area contributed by atoms with E-state index in [0.29, 0.717) is 11.4 Å². The van der Waals surface area contributed by atoms with E-state index in [-0.39, 0.29) is 5.82 Å². The number of aliphatic imine (C=N–C) groups is 1. The van der Waals surface area contributed by atoms with Gasteiger partial charge in [0.25, 0.3) is 0 Å². The van der Waals surface area contributed by atoms with Crippen LogP contribution in [0.3, 0.4) is 0 Å². The third-order valence-electron chi connectivity index (χ3n) is 3.59. The monoisotopic (exact) mass is 315 g/mol. The quantitative estimate of drug-likeness (QED) is 0.630. The van der Waals surface area contributed by atoms with Crippen molar-refractivity contribution in [2.75, 3.05) is 26.0 Å². The molecule has 0 spiro atoms. The predicted octanol–water partition coefficient (Wildman–Crippen LogP) is 4.50. The maximum atomic E-state index is 13.9. The zero-order valence-corrected chi connectivity index (χ0v) is 13.9. The van der Waals surface area contributed by atoms with Crippen LogP contribution in [0.4, 0.5) is 21.5 Å². The Labute approximate surface area is 136 Å². The molecular weight excluding hydrogens is 293 g/mol. The van der Waals surface area contributed by atoms with Crippen LogP contribution in [0.2, 0.25) is 0 Å². The fraction of sp³-hybridized carbons (Fsp3) is 0.278. The molecule has 0 saturated heterocycles. The number of halogens is 1. The molecule has 2 aromatic carbocycles. The first-order chi connectivity index (χ1) is 11.0. The highest BCUT2D eigenvalue weighted by molar-refractivity contribution is 5.72. The molecule has 0 heterocycles. The number of anilines is 2. The Morgan fingerprint density at radius 1 is 1.30 bits per heavy atom. The third-order valence-corrected chi connectivity index (χ3v) is 3.59. The first kappa shape index (κ1) is 16.8. The summed E-state index contributed by atoms with van der Waals surface area (Å²) < 4.78 is 19.1. The molecule has 0 atom stereocenters. The van der Waals surface area contributed by atoms with Crippen molar-refractivity contribution in [1.29, 1.82) is 0 Å². The molecule has 4 nitrogen and oxygen atoms in total. The standard InChI is InChI=1S/C18H22FN3O/c1-5-22(3)12-20-17-9-14(19)10-18(13(17)2)21-15-7-6-8-16(11-15)23-4/h6-12,21H,5H2,1-4H3. The molecule has 0 bridgehead atoms. The Kier molecular flexibility index (Phi) is 5.57. The largest absolute Gasteiger partial charge is 0.497 e. The van der Waals surface area contributed by atoms with Gasteiger partial charge in [-0.1, -0.05) is 6.07 Å². The molecule has 23 heavy (non-hydrogen) atoms. The lowest BCUT2D eigenvalue weighted by atomic mass is 10.1. The summed E-state index contributed by atoms with van der Waals surface area (Å²) in [4.78, 5) is 6.30. The average molecular weight is 315 g/mol. The Balaban J connectivity index is 2.31. The van der Waals surface area contributed by atoms with Crippen molar-refractivity contribution in [1.82, 2.24) is 4.90 Å². The topological polar surface area (TPSA) is 36.9 Å². The van der Waals surface area contributed by atoms with E-state index in [0.717, 1.165) is 23.5 Å². The van der Waals surface area contributed by atoms with Gasteiger partial charge in [0, 0.05) is 31.0 Å². The van der Waals surface area contributed by atoms with Gasteiger partial charge in [-0.3, -0.25) is 0 Å².